The van der Waals surface area contributed by atoms with Crippen molar-refractivity contribution in [2.45, 2.75) is 83.1 Å². The van der Waals surface area contributed by atoms with Crippen molar-refractivity contribution in [2.75, 3.05) is 27.2 Å². The Kier molecular flexibility index (Phi) is 5.66. The standard InChI is InChI=1S/C20H36N2O/c1-21(2)18-12-9-15-22(16-18)19(23)20(13-7-4-8-14-20)17-10-5-3-6-11-17/h17-18H,3-16H2,1-2H3. The molecule has 3 fully saturated rings. The molecule has 1 aliphatic heterocycles. The van der Waals surface area contributed by atoms with Gasteiger partial charge in [-0.1, -0.05) is 38.5 Å². The molecular weight excluding hydrogens is 284 g/mol. The van der Waals surface area contributed by atoms with Crippen molar-refractivity contribution in [3.63, 3.8) is 0 Å². The normalized spacial score (nSPS) is 29.7. The minimum Gasteiger partial charge on any atom is -0.341 e. The molecule has 1 heterocycles. The zero-order chi connectivity index (χ0) is 16.3. The zero-order valence-electron chi connectivity index (χ0n) is 15.4. The summed E-state index contributed by atoms with van der Waals surface area (Å²) in [6.07, 6.45) is 15.3. The Morgan fingerprint density at radius 2 is 1.57 bits per heavy atom. The van der Waals surface area contributed by atoms with Crippen molar-refractivity contribution in [3.05, 3.63) is 0 Å². The summed E-state index contributed by atoms with van der Waals surface area (Å²) in [4.78, 5) is 18.2. The zero-order valence-corrected chi connectivity index (χ0v) is 15.4. The number of piperidine rings is 1. The fourth-order valence-corrected chi connectivity index (χ4v) is 5.51. The molecule has 1 saturated heterocycles. The van der Waals surface area contributed by atoms with E-state index in [2.05, 4.69) is 23.9 Å². The summed E-state index contributed by atoms with van der Waals surface area (Å²) in [5.41, 5.74) is 0.00682. The van der Waals surface area contributed by atoms with Crippen LogP contribution in [0, 0.1) is 11.3 Å². The third-order valence-electron chi connectivity index (χ3n) is 6.97. The quantitative estimate of drug-likeness (QED) is 0.782. The van der Waals surface area contributed by atoms with Crippen molar-refractivity contribution in [3.8, 4) is 0 Å². The van der Waals surface area contributed by atoms with Gasteiger partial charge in [0.25, 0.3) is 0 Å². The van der Waals surface area contributed by atoms with Crippen molar-refractivity contribution >= 4 is 5.91 Å². The molecule has 0 radical (unpaired) electrons. The average Bonchev–Trinajstić information content (AvgIpc) is 2.62. The number of carbonyl (C=O) groups excluding carboxylic acids is 1. The maximum Gasteiger partial charge on any atom is 0.229 e. The Labute approximate surface area is 142 Å². The second kappa shape index (κ2) is 7.55. The maximum atomic E-state index is 13.6. The minimum absolute atomic E-state index is 0.00682. The lowest BCUT2D eigenvalue weighted by atomic mass is 9.61. The monoisotopic (exact) mass is 320 g/mol. The smallest absolute Gasteiger partial charge is 0.229 e. The van der Waals surface area contributed by atoms with Crippen LogP contribution in [0.1, 0.15) is 77.0 Å². The second-order valence-electron chi connectivity index (χ2n) is 8.56. The first kappa shape index (κ1) is 17.3. The van der Waals surface area contributed by atoms with Gasteiger partial charge in [-0.3, -0.25) is 4.79 Å². The number of likely N-dealkylation sites (tertiary alicyclic amines) is 1. The number of amides is 1. The Bertz CT molecular complexity index is 394. The topological polar surface area (TPSA) is 23.6 Å². The van der Waals surface area contributed by atoms with Crippen LogP contribution in [0.5, 0.6) is 0 Å². The van der Waals surface area contributed by atoms with Gasteiger partial charge >= 0.3 is 0 Å². The molecule has 3 nitrogen and oxygen atoms in total. The van der Waals surface area contributed by atoms with Gasteiger partial charge in [-0.05, 0) is 58.5 Å². The van der Waals surface area contributed by atoms with Gasteiger partial charge in [0.15, 0.2) is 0 Å². The number of hydrogen-bond acceptors (Lipinski definition) is 2. The van der Waals surface area contributed by atoms with E-state index in [9.17, 15) is 4.79 Å². The SMILES string of the molecule is CN(C)C1CCCN(C(=O)C2(C3CCCCC3)CCCCC2)C1. The predicted molar refractivity (Wildman–Crippen MR) is 95.4 cm³/mol. The average molecular weight is 321 g/mol. The largest absolute Gasteiger partial charge is 0.341 e. The highest BCUT2D eigenvalue weighted by Gasteiger charge is 2.48. The van der Waals surface area contributed by atoms with Crippen molar-refractivity contribution in [1.29, 1.82) is 0 Å². The van der Waals surface area contributed by atoms with Gasteiger partial charge in [-0.25, -0.2) is 0 Å². The van der Waals surface area contributed by atoms with Crippen LogP contribution in [0.15, 0.2) is 0 Å². The van der Waals surface area contributed by atoms with Gasteiger partial charge in [0, 0.05) is 19.1 Å². The molecule has 0 bridgehead atoms. The molecule has 23 heavy (non-hydrogen) atoms. The van der Waals surface area contributed by atoms with Crippen LogP contribution in [0.3, 0.4) is 0 Å². The number of rotatable bonds is 3. The maximum absolute atomic E-state index is 13.6. The molecular formula is C20H36N2O. The van der Waals surface area contributed by atoms with E-state index >= 15 is 0 Å². The van der Waals surface area contributed by atoms with E-state index in [4.69, 9.17) is 0 Å². The lowest BCUT2D eigenvalue weighted by Crippen LogP contribution is -2.55. The highest BCUT2D eigenvalue weighted by molar-refractivity contribution is 5.83. The number of carbonyl (C=O) groups is 1. The summed E-state index contributed by atoms with van der Waals surface area (Å²) in [5.74, 6) is 1.21. The molecule has 132 valence electrons. The minimum atomic E-state index is 0.00682. The molecule has 0 spiro atoms. The molecule has 0 aromatic carbocycles. The molecule has 0 N–H and O–H groups in total. The fourth-order valence-electron chi connectivity index (χ4n) is 5.51. The van der Waals surface area contributed by atoms with Crippen LogP contribution >= 0.6 is 0 Å². The van der Waals surface area contributed by atoms with E-state index in [1.807, 2.05) is 0 Å². The summed E-state index contributed by atoms with van der Waals surface area (Å²) < 4.78 is 0. The van der Waals surface area contributed by atoms with Crippen molar-refractivity contribution in [1.82, 2.24) is 9.80 Å². The molecule has 1 unspecified atom stereocenters. The Morgan fingerprint density at radius 1 is 0.913 bits per heavy atom. The first-order chi connectivity index (χ1) is 11.1. The lowest BCUT2D eigenvalue weighted by Gasteiger charge is -2.48. The van der Waals surface area contributed by atoms with E-state index in [1.165, 1.54) is 77.0 Å². The lowest BCUT2D eigenvalue weighted by molar-refractivity contribution is -0.151. The third kappa shape index (κ3) is 3.60. The van der Waals surface area contributed by atoms with Gasteiger partial charge in [0.2, 0.25) is 5.91 Å². The Morgan fingerprint density at radius 3 is 2.22 bits per heavy atom. The van der Waals surface area contributed by atoms with Gasteiger partial charge < -0.3 is 9.80 Å². The van der Waals surface area contributed by atoms with Crippen LogP contribution in [0.25, 0.3) is 0 Å². The molecule has 0 aromatic heterocycles. The molecule has 1 amide bonds. The number of likely N-dealkylation sites (N-methyl/N-ethyl adjacent to an activating group) is 1. The fraction of sp³-hybridized carbons (Fsp3) is 0.950. The van der Waals surface area contributed by atoms with Crippen LogP contribution < -0.4 is 0 Å². The third-order valence-corrected chi connectivity index (χ3v) is 6.97. The summed E-state index contributed by atoms with van der Waals surface area (Å²) in [5, 5.41) is 0. The first-order valence-electron chi connectivity index (χ1n) is 10.1. The number of nitrogens with zero attached hydrogens (tertiary/aromatic N) is 2. The van der Waals surface area contributed by atoms with Crippen LogP contribution in [-0.2, 0) is 4.79 Å². The van der Waals surface area contributed by atoms with E-state index < -0.39 is 0 Å². The summed E-state index contributed by atoms with van der Waals surface area (Å²) in [6, 6.07) is 0.555. The highest BCUT2D eigenvalue weighted by Crippen LogP contribution is 2.49. The first-order valence-corrected chi connectivity index (χ1v) is 10.1. The van der Waals surface area contributed by atoms with E-state index in [-0.39, 0.29) is 5.41 Å². The van der Waals surface area contributed by atoms with Crippen molar-refractivity contribution < 1.29 is 4.79 Å². The van der Waals surface area contributed by atoms with Gasteiger partial charge in [0.05, 0.1) is 5.41 Å². The molecule has 2 aliphatic carbocycles. The van der Waals surface area contributed by atoms with E-state index in [0.717, 1.165) is 13.1 Å². The van der Waals surface area contributed by atoms with Gasteiger partial charge in [-0.2, -0.15) is 0 Å². The van der Waals surface area contributed by atoms with Gasteiger partial charge in [0.1, 0.15) is 0 Å². The second-order valence-corrected chi connectivity index (χ2v) is 8.56. The summed E-state index contributed by atoms with van der Waals surface area (Å²) >= 11 is 0. The Balaban J connectivity index is 1.77. The predicted octanol–water partition coefficient (Wildman–Crippen LogP) is 4.07. The summed E-state index contributed by atoms with van der Waals surface area (Å²) in [7, 11) is 4.33. The molecule has 0 aromatic rings. The van der Waals surface area contributed by atoms with Crippen molar-refractivity contribution in [2.24, 2.45) is 11.3 Å². The molecule has 3 aliphatic rings. The van der Waals surface area contributed by atoms with E-state index in [1.54, 1.807) is 0 Å². The molecule has 1 atom stereocenters. The van der Waals surface area contributed by atoms with E-state index in [0.29, 0.717) is 17.9 Å². The van der Waals surface area contributed by atoms with Crippen LogP contribution in [-0.4, -0.2) is 48.9 Å². The summed E-state index contributed by atoms with van der Waals surface area (Å²) in [6.45, 7) is 1.96. The molecule has 2 saturated carbocycles. The molecule has 3 heteroatoms. The van der Waals surface area contributed by atoms with Crippen LogP contribution in [0.4, 0.5) is 0 Å². The highest BCUT2D eigenvalue weighted by atomic mass is 16.2. The molecule has 3 rings (SSSR count). The Hall–Kier alpha value is -0.570. The van der Waals surface area contributed by atoms with Crippen LogP contribution in [0.2, 0.25) is 0 Å². The number of hydrogen-bond donors (Lipinski definition) is 0. The van der Waals surface area contributed by atoms with Gasteiger partial charge in [-0.15, -0.1) is 0 Å².